The van der Waals surface area contributed by atoms with Crippen molar-refractivity contribution in [1.29, 1.82) is 0 Å². The molecule has 1 unspecified atom stereocenters. The van der Waals surface area contributed by atoms with E-state index in [0.717, 1.165) is 29.7 Å². The molecule has 106 valence electrons. The maximum Gasteiger partial charge on any atom is 0.258 e. The van der Waals surface area contributed by atoms with Crippen molar-refractivity contribution in [3.05, 3.63) is 23.3 Å². The third-order valence-electron chi connectivity index (χ3n) is 3.05. The van der Waals surface area contributed by atoms with Crippen LogP contribution in [-0.2, 0) is 4.79 Å². The molecule has 1 amide bonds. The zero-order valence-corrected chi connectivity index (χ0v) is 12.2. The molecule has 0 aromatic heterocycles. The van der Waals surface area contributed by atoms with Crippen molar-refractivity contribution in [1.82, 2.24) is 5.32 Å². The Morgan fingerprint density at radius 1 is 1.37 bits per heavy atom. The number of nitrogens with two attached hydrogens (primary N) is 1. The summed E-state index contributed by atoms with van der Waals surface area (Å²) < 4.78 is 5.55. The summed E-state index contributed by atoms with van der Waals surface area (Å²) in [6.45, 7) is 7.98. The van der Waals surface area contributed by atoms with Gasteiger partial charge in [-0.2, -0.15) is 0 Å². The summed E-state index contributed by atoms with van der Waals surface area (Å²) in [5, 5.41) is 2.91. The monoisotopic (exact) mass is 264 g/mol. The molecule has 3 N–H and O–H groups in total. The molecular formula is C15H24N2O2. The van der Waals surface area contributed by atoms with Gasteiger partial charge in [-0.05, 0) is 50.5 Å². The molecule has 0 spiro atoms. The Hall–Kier alpha value is -1.71. The number of hydrogen-bond acceptors (Lipinski definition) is 3. The minimum absolute atomic E-state index is 0.0399. The lowest BCUT2D eigenvalue weighted by molar-refractivity contribution is -0.123. The van der Waals surface area contributed by atoms with Crippen LogP contribution in [0.4, 0.5) is 5.69 Å². The highest BCUT2D eigenvalue weighted by Crippen LogP contribution is 2.24. The van der Waals surface area contributed by atoms with Gasteiger partial charge in [0.25, 0.3) is 5.91 Å². The predicted molar refractivity (Wildman–Crippen MR) is 78.3 cm³/mol. The Labute approximate surface area is 115 Å². The summed E-state index contributed by atoms with van der Waals surface area (Å²) >= 11 is 0. The molecule has 1 aromatic carbocycles. The molecular weight excluding hydrogens is 240 g/mol. The summed E-state index contributed by atoms with van der Waals surface area (Å²) in [6, 6.07) is 3.92. The second-order valence-corrected chi connectivity index (χ2v) is 5.02. The Balaban J connectivity index is 2.53. The van der Waals surface area contributed by atoms with Gasteiger partial charge in [-0.1, -0.05) is 13.3 Å². The van der Waals surface area contributed by atoms with Crippen molar-refractivity contribution >= 4 is 11.6 Å². The molecule has 4 nitrogen and oxygen atoms in total. The quantitative estimate of drug-likeness (QED) is 0.776. The lowest BCUT2D eigenvalue weighted by atomic mass is 10.1. The summed E-state index contributed by atoms with van der Waals surface area (Å²) in [5.41, 5.74) is 8.45. The number of rotatable bonds is 6. The van der Waals surface area contributed by atoms with Crippen LogP contribution in [0.15, 0.2) is 12.1 Å². The van der Waals surface area contributed by atoms with Crippen LogP contribution in [0.25, 0.3) is 0 Å². The van der Waals surface area contributed by atoms with E-state index < -0.39 is 0 Å². The number of carbonyl (C=O) groups excluding carboxylic acids is 1. The van der Waals surface area contributed by atoms with Crippen molar-refractivity contribution < 1.29 is 9.53 Å². The maximum atomic E-state index is 11.7. The highest BCUT2D eigenvalue weighted by Gasteiger charge is 2.09. The Bertz CT molecular complexity index is 444. The topological polar surface area (TPSA) is 64.3 Å². The van der Waals surface area contributed by atoms with Gasteiger partial charge in [-0.15, -0.1) is 0 Å². The summed E-state index contributed by atoms with van der Waals surface area (Å²) in [5.74, 6) is 0.625. The van der Waals surface area contributed by atoms with Gasteiger partial charge in [-0.25, -0.2) is 0 Å². The van der Waals surface area contributed by atoms with Crippen LogP contribution in [0.1, 0.15) is 37.8 Å². The zero-order chi connectivity index (χ0) is 14.4. The number of benzene rings is 1. The van der Waals surface area contributed by atoms with Gasteiger partial charge in [0.05, 0.1) is 0 Å². The molecule has 0 radical (unpaired) electrons. The number of carbonyl (C=O) groups is 1. The van der Waals surface area contributed by atoms with E-state index in [9.17, 15) is 4.79 Å². The normalized spacial score (nSPS) is 12.0. The lowest BCUT2D eigenvalue weighted by Gasteiger charge is -2.14. The number of hydrogen-bond donors (Lipinski definition) is 2. The van der Waals surface area contributed by atoms with Crippen LogP contribution < -0.4 is 15.8 Å². The van der Waals surface area contributed by atoms with E-state index in [4.69, 9.17) is 10.5 Å². The summed E-state index contributed by atoms with van der Waals surface area (Å²) in [6.07, 6.45) is 2.03. The summed E-state index contributed by atoms with van der Waals surface area (Å²) in [4.78, 5) is 11.7. The molecule has 0 aliphatic rings. The Morgan fingerprint density at radius 3 is 2.68 bits per heavy atom. The van der Waals surface area contributed by atoms with Crippen LogP contribution in [0.5, 0.6) is 5.75 Å². The fraction of sp³-hybridized carbons (Fsp3) is 0.533. The average Bonchev–Trinajstić information content (AvgIpc) is 2.32. The van der Waals surface area contributed by atoms with Gasteiger partial charge in [0.2, 0.25) is 0 Å². The van der Waals surface area contributed by atoms with Gasteiger partial charge in [0.15, 0.2) is 6.61 Å². The highest BCUT2D eigenvalue weighted by molar-refractivity contribution is 5.77. The first kappa shape index (κ1) is 15.3. The molecule has 1 aromatic rings. The molecule has 0 aliphatic heterocycles. The zero-order valence-electron chi connectivity index (χ0n) is 12.2. The van der Waals surface area contributed by atoms with E-state index >= 15 is 0 Å². The van der Waals surface area contributed by atoms with Gasteiger partial charge in [0, 0.05) is 11.7 Å². The molecule has 0 heterocycles. The van der Waals surface area contributed by atoms with Crippen molar-refractivity contribution in [2.24, 2.45) is 0 Å². The van der Waals surface area contributed by atoms with Crippen LogP contribution in [0, 0.1) is 13.8 Å². The van der Waals surface area contributed by atoms with E-state index in [1.165, 1.54) is 0 Å². The van der Waals surface area contributed by atoms with Crippen LogP contribution in [0.3, 0.4) is 0 Å². The molecule has 4 heteroatoms. The fourth-order valence-electron chi connectivity index (χ4n) is 1.93. The highest BCUT2D eigenvalue weighted by atomic mass is 16.5. The molecule has 0 saturated heterocycles. The van der Waals surface area contributed by atoms with Crippen molar-refractivity contribution in [2.45, 2.75) is 46.6 Å². The third-order valence-corrected chi connectivity index (χ3v) is 3.05. The minimum atomic E-state index is -0.0881. The van der Waals surface area contributed by atoms with Crippen LogP contribution in [-0.4, -0.2) is 18.6 Å². The fourth-order valence-corrected chi connectivity index (χ4v) is 1.93. The first-order valence-electron chi connectivity index (χ1n) is 6.73. The van der Waals surface area contributed by atoms with E-state index in [1.54, 1.807) is 0 Å². The molecule has 0 bridgehead atoms. The molecule has 0 aliphatic carbocycles. The predicted octanol–water partition coefficient (Wildman–Crippen LogP) is 2.57. The molecule has 0 fully saturated rings. The van der Waals surface area contributed by atoms with Crippen LogP contribution in [0.2, 0.25) is 0 Å². The smallest absolute Gasteiger partial charge is 0.258 e. The van der Waals surface area contributed by atoms with Gasteiger partial charge >= 0.3 is 0 Å². The number of amides is 1. The Kier molecular flexibility index (Phi) is 5.67. The van der Waals surface area contributed by atoms with E-state index in [0.29, 0.717) is 5.75 Å². The standard InChI is InChI=1S/C15H24N2O2/c1-5-6-12(4)17-15(18)9-19-14-8-10(2)13(16)7-11(14)3/h7-8,12H,5-6,9,16H2,1-4H3,(H,17,18). The second kappa shape index (κ2) is 7.02. The number of anilines is 1. The number of nitrogen functional groups attached to an aromatic ring is 1. The number of nitrogens with one attached hydrogen (secondary N) is 1. The number of ether oxygens (including phenoxy) is 1. The van der Waals surface area contributed by atoms with E-state index in [1.807, 2.05) is 32.9 Å². The molecule has 1 rings (SSSR count). The maximum absolute atomic E-state index is 11.7. The van der Waals surface area contributed by atoms with Gasteiger partial charge in [-0.3, -0.25) is 4.79 Å². The largest absolute Gasteiger partial charge is 0.483 e. The van der Waals surface area contributed by atoms with Crippen molar-refractivity contribution in [3.8, 4) is 5.75 Å². The van der Waals surface area contributed by atoms with E-state index in [-0.39, 0.29) is 18.6 Å². The van der Waals surface area contributed by atoms with Crippen LogP contribution >= 0.6 is 0 Å². The average molecular weight is 264 g/mol. The molecule has 0 saturated carbocycles. The van der Waals surface area contributed by atoms with Crippen molar-refractivity contribution in [2.75, 3.05) is 12.3 Å². The minimum Gasteiger partial charge on any atom is -0.483 e. The molecule has 19 heavy (non-hydrogen) atoms. The first-order valence-corrected chi connectivity index (χ1v) is 6.73. The second-order valence-electron chi connectivity index (χ2n) is 5.02. The number of aryl methyl sites for hydroxylation is 2. The van der Waals surface area contributed by atoms with E-state index in [2.05, 4.69) is 12.2 Å². The SMILES string of the molecule is CCCC(C)NC(=O)COc1cc(C)c(N)cc1C. The first-order chi connectivity index (χ1) is 8.93. The van der Waals surface area contributed by atoms with Crippen molar-refractivity contribution in [3.63, 3.8) is 0 Å². The molecule has 1 atom stereocenters. The lowest BCUT2D eigenvalue weighted by Crippen LogP contribution is -2.36. The Morgan fingerprint density at radius 2 is 2.05 bits per heavy atom. The van der Waals surface area contributed by atoms with Gasteiger partial charge in [0.1, 0.15) is 5.75 Å². The third kappa shape index (κ3) is 4.81. The van der Waals surface area contributed by atoms with Gasteiger partial charge < -0.3 is 15.8 Å². The summed E-state index contributed by atoms with van der Waals surface area (Å²) in [7, 11) is 0.